The van der Waals surface area contributed by atoms with E-state index >= 15 is 0 Å². The molecule has 0 radical (unpaired) electrons. The van der Waals surface area contributed by atoms with Crippen molar-refractivity contribution in [3.8, 4) is 0 Å². The molecule has 1 heterocycles. The predicted octanol–water partition coefficient (Wildman–Crippen LogP) is 0.390. The summed E-state index contributed by atoms with van der Waals surface area (Å²) in [5.41, 5.74) is 1.75. The van der Waals surface area contributed by atoms with E-state index < -0.39 is 11.8 Å². The van der Waals surface area contributed by atoms with Gasteiger partial charge >= 0.3 is 11.8 Å². The van der Waals surface area contributed by atoms with Crippen LogP contribution in [0.15, 0.2) is 24.3 Å². The Labute approximate surface area is 113 Å². The molecular weight excluding hydrogens is 242 g/mol. The van der Waals surface area contributed by atoms with Gasteiger partial charge in [-0.3, -0.25) is 9.59 Å². The smallest absolute Gasteiger partial charge is 0.316 e. The van der Waals surface area contributed by atoms with E-state index in [1.165, 1.54) is 4.90 Å². The maximum Gasteiger partial charge on any atom is 0.316 e. The molecular formula is C14H19N3O2. The van der Waals surface area contributed by atoms with Crippen LogP contribution < -0.4 is 10.2 Å². The fourth-order valence-corrected chi connectivity index (χ4v) is 2.20. The topological polar surface area (TPSA) is 52.7 Å². The van der Waals surface area contributed by atoms with Crippen molar-refractivity contribution in [2.24, 2.45) is 0 Å². The lowest BCUT2D eigenvalue weighted by atomic mass is 10.2. The summed E-state index contributed by atoms with van der Waals surface area (Å²) in [6.45, 7) is 4.59. The van der Waals surface area contributed by atoms with Gasteiger partial charge < -0.3 is 15.1 Å². The number of hydrogen-bond donors (Lipinski definition) is 1. The number of hydrogen-bond acceptors (Lipinski definition) is 3. The van der Waals surface area contributed by atoms with Crippen LogP contribution >= 0.6 is 0 Å². The molecule has 0 aliphatic carbocycles. The van der Waals surface area contributed by atoms with Gasteiger partial charge in [0.25, 0.3) is 0 Å². The number of nitrogens with one attached hydrogen (secondary N) is 1. The highest BCUT2D eigenvalue weighted by atomic mass is 16.2. The second kappa shape index (κ2) is 5.84. The van der Waals surface area contributed by atoms with Crippen molar-refractivity contribution in [2.75, 3.05) is 38.1 Å². The molecule has 0 aromatic heterocycles. The number of benzene rings is 1. The molecule has 0 bridgehead atoms. The van der Waals surface area contributed by atoms with Crippen LogP contribution in [0.4, 0.5) is 5.69 Å². The van der Waals surface area contributed by atoms with E-state index in [0.29, 0.717) is 13.1 Å². The molecule has 1 aliphatic heterocycles. The molecule has 0 saturated carbocycles. The number of rotatable bonds is 1. The van der Waals surface area contributed by atoms with Crippen LogP contribution in [0.3, 0.4) is 0 Å². The Morgan fingerprint density at radius 1 is 1.21 bits per heavy atom. The summed E-state index contributed by atoms with van der Waals surface area (Å²) in [6, 6.07) is 7.54. The van der Waals surface area contributed by atoms with Gasteiger partial charge in [0.15, 0.2) is 0 Å². The third-order valence-electron chi connectivity index (χ3n) is 3.37. The van der Waals surface area contributed by atoms with Gasteiger partial charge in [-0.05, 0) is 18.6 Å². The Hall–Kier alpha value is -1.88. The quantitative estimate of drug-likeness (QED) is 0.744. The van der Waals surface area contributed by atoms with E-state index in [1.807, 2.05) is 31.2 Å². The fraction of sp³-hybridized carbons (Fsp3) is 0.429. The van der Waals surface area contributed by atoms with Crippen molar-refractivity contribution in [1.29, 1.82) is 0 Å². The van der Waals surface area contributed by atoms with E-state index in [9.17, 15) is 9.59 Å². The van der Waals surface area contributed by atoms with E-state index in [-0.39, 0.29) is 0 Å². The van der Waals surface area contributed by atoms with E-state index in [1.54, 1.807) is 11.9 Å². The molecule has 0 unspecified atom stereocenters. The minimum atomic E-state index is -0.476. The Balaban J connectivity index is 2.10. The molecule has 1 fully saturated rings. The van der Waals surface area contributed by atoms with Crippen molar-refractivity contribution in [3.63, 3.8) is 0 Å². The zero-order valence-corrected chi connectivity index (χ0v) is 11.3. The van der Waals surface area contributed by atoms with Crippen LogP contribution in [0.25, 0.3) is 0 Å². The van der Waals surface area contributed by atoms with E-state index in [0.717, 1.165) is 24.3 Å². The average molecular weight is 261 g/mol. The highest BCUT2D eigenvalue weighted by Gasteiger charge is 2.27. The lowest BCUT2D eigenvalue weighted by Crippen LogP contribution is -2.51. The summed E-state index contributed by atoms with van der Waals surface area (Å²) < 4.78 is 0. The van der Waals surface area contributed by atoms with Gasteiger partial charge in [-0.25, -0.2) is 0 Å². The molecule has 0 atom stereocenters. The largest absolute Gasteiger partial charge is 0.332 e. The first-order valence-electron chi connectivity index (χ1n) is 6.44. The molecule has 102 valence electrons. The number of amides is 2. The van der Waals surface area contributed by atoms with Gasteiger partial charge in [0.2, 0.25) is 0 Å². The van der Waals surface area contributed by atoms with Gasteiger partial charge in [0.05, 0.1) is 0 Å². The molecule has 2 amide bonds. The number of para-hydroxylation sites is 1. The molecule has 5 nitrogen and oxygen atoms in total. The Bertz CT molecular complexity index is 481. The van der Waals surface area contributed by atoms with Gasteiger partial charge in [-0.2, -0.15) is 0 Å². The molecule has 0 spiro atoms. The Morgan fingerprint density at radius 3 is 2.47 bits per heavy atom. The second-order valence-electron chi connectivity index (χ2n) is 4.69. The van der Waals surface area contributed by atoms with Crippen molar-refractivity contribution in [1.82, 2.24) is 10.2 Å². The Morgan fingerprint density at radius 2 is 1.84 bits per heavy atom. The van der Waals surface area contributed by atoms with Gasteiger partial charge in [0.1, 0.15) is 0 Å². The summed E-state index contributed by atoms with van der Waals surface area (Å²) in [7, 11) is 1.64. The second-order valence-corrected chi connectivity index (χ2v) is 4.69. The lowest BCUT2D eigenvalue weighted by Gasteiger charge is -2.28. The lowest BCUT2D eigenvalue weighted by molar-refractivity contribution is -0.144. The van der Waals surface area contributed by atoms with Crippen molar-refractivity contribution in [3.05, 3.63) is 29.8 Å². The third kappa shape index (κ3) is 2.93. The fourth-order valence-electron chi connectivity index (χ4n) is 2.20. The zero-order valence-electron chi connectivity index (χ0n) is 11.3. The number of carbonyl (C=O) groups excluding carboxylic acids is 2. The van der Waals surface area contributed by atoms with Crippen LogP contribution in [0.2, 0.25) is 0 Å². The molecule has 1 aromatic carbocycles. The molecule has 19 heavy (non-hydrogen) atoms. The van der Waals surface area contributed by atoms with Crippen LogP contribution in [0.5, 0.6) is 0 Å². The van der Waals surface area contributed by atoms with Crippen LogP contribution in [-0.2, 0) is 9.59 Å². The number of aryl methyl sites for hydroxylation is 1. The molecule has 1 aliphatic rings. The average Bonchev–Trinajstić information content (AvgIpc) is 2.46. The molecule has 2 rings (SSSR count). The first-order valence-corrected chi connectivity index (χ1v) is 6.44. The van der Waals surface area contributed by atoms with Gasteiger partial charge in [-0.1, -0.05) is 18.2 Å². The monoisotopic (exact) mass is 261 g/mol. The first kappa shape index (κ1) is 13.5. The third-order valence-corrected chi connectivity index (χ3v) is 3.37. The molecule has 1 N–H and O–H groups in total. The summed E-state index contributed by atoms with van der Waals surface area (Å²) in [5, 5.41) is 3.16. The highest BCUT2D eigenvalue weighted by Crippen LogP contribution is 2.18. The standard InChI is InChI=1S/C14H19N3O2/c1-11-5-3-4-6-12(11)16(2)13(18)14(19)17-9-7-15-8-10-17/h3-6,15H,7-10H2,1-2H3. The van der Waals surface area contributed by atoms with Crippen LogP contribution in [0.1, 0.15) is 5.56 Å². The van der Waals surface area contributed by atoms with Gasteiger partial charge in [-0.15, -0.1) is 0 Å². The minimum absolute atomic E-state index is 0.424. The summed E-state index contributed by atoms with van der Waals surface area (Å²) in [5.74, 6) is -0.900. The molecule has 1 saturated heterocycles. The number of piperazine rings is 1. The number of carbonyl (C=O) groups is 2. The van der Waals surface area contributed by atoms with Gasteiger partial charge in [0, 0.05) is 38.9 Å². The SMILES string of the molecule is Cc1ccccc1N(C)C(=O)C(=O)N1CCNCC1. The summed E-state index contributed by atoms with van der Waals surface area (Å²) in [6.07, 6.45) is 0. The molecule has 1 aromatic rings. The first-order chi connectivity index (χ1) is 9.11. The minimum Gasteiger partial charge on any atom is -0.332 e. The summed E-state index contributed by atoms with van der Waals surface area (Å²) >= 11 is 0. The number of likely N-dealkylation sites (N-methyl/N-ethyl adjacent to an activating group) is 1. The molecule has 5 heteroatoms. The summed E-state index contributed by atoms with van der Waals surface area (Å²) in [4.78, 5) is 27.4. The predicted molar refractivity (Wildman–Crippen MR) is 74.0 cm³/mol. The van der Waals surface area contributed by atoms with Crippen LogP contribution in [-0.4, -0.2) is 49.9 Å². The van der Waals surface area contributed by atoms with E-state index in [2.05, 4.69) is 5.32 Å². The van der Waals surface area contributed by atoms with Crippen molar-refractivity contribution >= 4 is 17.5 Å². The zero-order chi connectivity index (χ0) is 13.8. The maximum atomic E-state index is 12.2. The number of anilines is 1. The highest BCUT2D eigenvalue weighted by molar-refractivity contribution is 6.40. The van der Waals surface area contributed by atoms with E-state index in [4.69, 9.17) is 0 Å². The number of nitrogens with zero attached hydrogens (tertiary/aromatic N) is 2. The van der Waals surface area contributed by atoms with Crippen LogP contribution in [0, 0.1) is 6.92 Å². The van der Waals surface area contributed by atoms with Crippen molar-refractivity contribution in [2.45, 2.75) is 6.92 Å². The maximum absolute atomic E-state index is 12.2. The Kier molecular flexibility index (Phi) is 4.16. The normalized spacial score (nSPS) is 15.2. The van der Waals surface area contributed by atoms with Crippen molar-refractivity contribution < 1.29 is 9.59 Å².